The molecule has 3 aliphatic heterocycles. The number of hydrogen-bond donors (Lipinski definition) is 2. The van der Waals surface area contributed by atoms with Gasteiger partial charge in [0.15, 0.2) is 0 Å². The van der Waals surface area contributed by atoms with Crippen molar-refractivity contribution < 1.29 is 14.6 Å². The van der Waals surface area contributed by atoms with E-state index < -0.39 is 11.4 Å². The van der Waals surface area contributed by atoms with E-state index in [9.17, 15) is 9.90 Å². The van der Waals surface area contributed by atoms with E-state index in [-0.39, 0.29) is 5.92 Å². The van der Waals surface area contributed by atoms with Crippen LogP contribution >= 0.6 is 0 Å². The number of nitrogens with two attached hydrogens (primary N) is 1. The Hall–Kier alpha value is -2.13. The monoisotopic (exact) mass is 348 g/mol. The zero-order valence-corrected chi connectivity index (χ0v) is 14.4. The standard InChI is InChI=1S/C16H24N6O3/c1-20-7-11-8-22(10-16(11,9-20)14(23)24)13-6-12(17)18-15(19-13)21-2-4-25-5-3-21/h6,11H,2-5,7-10H2,1H3,(H,23,24)(H2,17,18,19)/t11-,16-/m1/s1. The lowest BCUT2D eigenvalue weighted by atomic mass is 9.81. The molecule has 3 N–H and O–H groups in total. The average Bonchev–Trinajstić information content (AvgIpc) is 3.09. The first-order valence-corrected chi connectivity index (χ1v) is 8.62. The van der Waals surface area contributed by atoms with Crippen LogP contribution in [0.5, 0.6) is 0 Å². The molecule has 9 nitrogen and oxygen atoms in total. The van der Waals surface area contributed by atoms with E-state index in [0.717, 1.165) is 19.6 Å². The molecule has 9 heteroatoms. The largest absolute Gasteiger partial charge is 0.481 e. The van der Waals surface area contributed by atoms with Gasteiger partial charge in [0.1, 0.15) is 17.1 Å². The maximum absolute atomic E-state index is 12.0. The number of ether oxygens (including phenoxy) is 1. The van der Waals surface area contributed by atoms with Gasteiger partial charge in [-0.2, -0.15) is 9.97 Å². The molecule has 0 aromatic carbocycles. The van der Waals surface area contributed by atoms with E-state index in [4.69, 9.17) is 10.5 Å². The number of carboxylic acids is 1. The fourth-order valence-corrected chi connectivity index (χ4v) is 4.30. The molecule has 4 rings (SSSR count). The lowest BCUT2D eigenvalue weighted by Crippen LogP contribution is -2.40. The number of nitrogens with zero attached hydrogens (tertiary/aromatic N) is 5. The molecule has 0 saturated carbocycles. The second-order valence-corrected chi connectivity index (χ2v) is 7.29. The van der Waals surface area contributed by atoms with Gasteiger partial charge in [0.25, 0.3) is 0 Å². The van der Waals surface area contributed by atoms with Crippen LogP contribution in [0.25, 0.3) is 0 Å². The maximum Gasteiger partial charge on any atom is 0.313 e. The van der Waals surface area contributed by atoms with E-state index in [1.165, 1.54) is 0 Å². The molecule has 3 saturated heterocycles. The quantitative estimate of drug-likeness (QED) is 0.736. The fourth-order valence-electron chi connectivity index (χ4n) is 4.30. The van der Waals surface area contributed by atoms with Gasteiger partial charge in [-0.25, -0.2) is 0 Å². The van der Waals surface area contributed by atoms with Crippen molar-refractivity contribution in [1.29, 1.82) is 0 Å². The van der Waals surface area contributed by atoms with Crippen molar-refractivity contribution >= 4 is 23.6 Å². The Morgan fingerprint density at radius 1 is 1.28 bits per heavy atom. The molecule has 0 unspecified atom stereocenters. The van der Waals surface area contributed by atoms with Crippen molar-refractivity contribution in [2.75, 3.05) is 75.1 Å². The van der Waals surface area contributed by atoms with Gasteiger partial charge in [-0.15, -0.1) is 0 Å². The fraction of sp³-hybridized carbons (Fsp3) is 0.688. The van der Waals surface area contributed by atoms with Crippen LogP contribution < -0.4 is 15.5 Å². The molecule has 0 radical (unpaired) electrons. The summed E-state index contributed by atoms with van der Waals surface area (Å²) in [5.74, 6) is 1.09. The van der Waals surface area contributed by atoms with Crippen LogP contribution in [-0.2, 0) is 9.53 Å². The Morgan fingerprint density at radius 2 is 2.04 bits per heavy atom. The number of carbonyl (C=O) groups is 1. The highest BCUT2D eigenvalue weighted by molar-refractivity contribution is 5.78. The van der Waals surface area contributed by atoms with Gasteiger partial charge in [0.05, 0.1) is 13.2 Å². The first-order valence-electron chi connectivity index (χ1n) is 8.62. The lowest BCUT2D eigenvalue weighted by molar-refractivity contribution is -0.148. The Kier molecular flexibility index (Phi) is 3.92. The Labute approximate surface area is 146 Å². The Balaban J connectivity index is 1.60. The van der Waals surface area contributed by atoms with Crippen LogP contribution in [0.15, 0.2) is 6.07 Å². The highest BCUT2D eigenvalue weighted by atomic mass is 16.5. The number of rotatable bonds is 3. The summed E-state index contributed by atoms with van der Waals surface area (Å²) in [5, 5.41) is 9.84. The number of aliphatic carboxylic acids is 1. The molecule has 0 amide bonds. The van der Waals surface area contributed by atoms with Gasteiger partial charge in [0, 0.05) is 51.3 Å². The SMILES string of the molecule is CN1C[C@@H]2CN(c3cc(N)nc(N4CCOCC4)n3)C[C@]2(C(=O)O)C1. The van der Waals surface area contributed by atoms with Crippen LogP contribution in [0.3, 0.4) is 0 Å². The van der Waals surface area contributed by atoms with Crippen LogP contribution in [-0.4, -0.2) is 85.5 Å². The normalized spacial score (nSPS) is 29.9. The molecule has 1 aromatic rings. The van der Waals surface area contributed by atoms with Crippen molar-refractivity contribution in [2.24, 2.45) is 11.3 Å². The third-order valence-corrected chi connectivity index (χ3v) is 5.54. The minimum atomic E-state index is -0.729. The first-order chi connectivity index (χ1) is 12.0. The van der Waals surface area contributed by atoms with E-state index in [1.807, 2.05) is 11.9 Å². The van der Waals surface area contributed by atoms with Gasteiger partial charge in [-0.05, 0) is 7.05 Å². The molecule has 2 atom stereocenters. The topological polar surface area (TPSA) is 108 Å². The Bertz CT molecular complexity index is 680. The van der Waals surface area contributed by atoms with Crippen molar-refractivity contribution in [3.05, 3.63) is 6.07 Å². The average molecular weight is 348 g/mol. The third kappa shape index (κ3) is 2.77. The zero-order chi connectivity index (χ0) is 17.6. The first kappa shape index (κ1) is 16.3. The van der Waals surface area contributed by atoms with Crippen LogP contribution in [0, 0.1) is 11.3 Å². The summed E-state index contributed by atoms with van der Waals surface area (Å²) in [6.45, 7) is 5.25. The number of anilines is 3. The van der Waals surface area contributed by atoms with E-state index in [0.29, 0.717) is 50.4 Å². The van der Waals surface area contributed by atoms with E-state index in [1.54, 1.807) is 6.07 Å². The van der Waals surface area contributed by atoms with E-state index >= 15 is 0 Å². The smallest absolute Gasteiger partial charge is 0.313 e. The Morgan fingerprint density at radius 3 is 2.72 bits per heavy atom. The van der Waals surface area contributed by atoms with Crippen LogP contribution in [0.4, 0.5) is 17.6 Å². The predicted molar refractivity (Wildman–Crippen MR) is 92.7 cm³/mol. The van der Waals surface area contributed by atoms with Crippen LogP contribution in [0.1, 0.15) is 0 Å². The minimum absolute atomic E-state index is 0.0954. The molecule has 136 valence electrons. The molecular formula is C16H24N6O3. The summed E-state index contributed by atoms with van der Waals surface area (Å²) in [7, 11) is 1.98. The van der Waals surface area contributed by atoms with Crippen molar-refractivity contribution in [3.63, 3.8) is 0 Å². The van der Waals surface area contributed by atoms with Gasteiger partial charge in [-0.3, -0.25) is 4.79 Å². The molecular weight excluding hydrogens is 324 g/mol. The van der Waals surface area contributed by atoms with Gasteiger partial charge >= 0.3 is 5.97 Å². The minimum Gasteiger partial charge on any atom is -0.481 e. The van der Waals surface area contributed by atoms with E-state index in [2.05, 4.69) is 19.8 Å². The molecule has 3 fully saturated rings. The molecule has 25 heavy (non-hydrogen) atoms. The number of morpholine rings is 1. The second-order valence-electron chi connectivity index (χ2n) is 7.29. The van der Waals surface area contributed by atoms with Crippen LogP contribution in [0.2, 0.25) is 0 Å². The number of hydrogen-bond acceptors (Lipinski definition) is 8. The zero-order valence-electron chi connectivity index (χ0n) is 14.4. The molecule has 0 spiro atoms. The molecule has 4 heterocycles. The summed E-state index contributed by atoms with van der Waals surface area (Å²) in [6.07, 6.45) is 0. The number of carboxylic acid groups (broad SMARTS) is 1. The predicted octanol–water partition coefficient (Wildman–Crippen LogP) is -0.652. The van der Waals surface area contributed by atoms with Gasteiger partial charge in [-0.1, -0.05) is 0 Å². The molecule has 0 aliphatic carbocycles. The molecule has 1 aromatic heterocycles. The number of aromatic nitrogens is 2. The highest BCUT2D eigenvalue weighted by Gasteiger charge is 2.57. The summed E-state index contributed by atoms with van der Waals surface area (Å²) in [4.78, 5) is 27.2. The molecule has 3 aliphatic rings. The molecule has 0 bridgehead atoms. The highest BCUT2D eigenvalue weighted by Crippen LogP contribution is 2.43. The van der Waals surface area contributed by atoms with Crippen molar-refractivity contribution in [3.8, 4) is 0 Å². The second kappa shape index (κ2) is 5.99. The summed E-state index contributed by atoms with van der Waals surface area (Å²) >= 11 is 0. The van der Waals surface area contributed by atoms with Gasteiger partial charge in [0.2, 0.25) is 5.95 Å². The summed E-state index contributed by atoms with van der Waals surface area (Å²) < 4.78 is 5.37. The van der Waals surface area contributed by atoms with Gasteiger partial charge < -0.3 is 30.3 Å². The lowest BCUT2D eigenvalue weighted by Gasteiger charge is -2.28. The number of nitrogen functional groups attached to an aromatic ring is 1. The summed E-state index contributed by atoms with van der Waals surface area (Å²) in [5.41, 5.74) is 5.28. The number of likely N-dealkylation sites (tertiary alicyclic amines) is 1. The number of fused-ring (bicyclic) bond motifs is 1. The van der Waals surface area contributed by atoms with Crippen molar-refractivity contribution in [1.82, 2.24) is 14.9 Å². The summed E-state index contributed by atoms with van der Waals surface area (Å²) in [6, 6.07) is 1.74. The maximum atomic E-state index is 12.0. The third-order valence-electron chi connectivity index (χ3n) is 5.54. The van der Waals surface area contributed by atoms with Crippen molar-refractivity contribution in [2.45, 2.75) is 0 Å².